The topological polar surface area (TPSA) is 69.8 Å². The molecule has 2 heterocycles. The maximum absolute atomic E-state index is 11.5. The van der Waals surface area contributed by atoms with Crippen molar-refractivity contribution in [1.29, 1.82) is 0 Å². The predicted molar refractivity (Wildman–Crippen MR) is 56.0 cm³/mol. The Morgan fingerprint density at radius 1 is 1.67 bits per heavy atom. The van der Waals surface area contributed by atoms with Crippen molar-refractivity contribution in [2.75, 3.05) is 13.1 Å². The van der Waals surface area contributed by atoms with Gasteiger partial charge in [-0.2, -0.15) is 0 Å². The predicted octanol–water partition coefficient (Wildman–Crippen LogP) is 0.0255. The highest BCUT2D eigenvalue weighted by Crippen LogP contribution is 2.11. The molecule has 0 radical (unpaired) electrons. The van der Waals surface area contributed by atoms with E-state index in [-0.39, 0.29) is 5.91 Å². The molecule has 1 saturated heterocycles. The number of nitrogens with one attached hydrogen (secondary N) is 3. The van der Waals surface area contributed by atoms with E-state index in [0.29, 0.717) is 18.9 Å². The standard InChI is InChI=1S/C10H16N4O/c15-10(3-8-1-2-11-4-8)13-6-9-5-12-7-14-9/h5,7-8,11H,1-4,6H2,(H,12,14)(H,13,15). The number of imidazole rings is 1. The van der Waals surface area contributed by atoms with E-state index < -0.39 is 0 Å². The van der Waals surface area contributed by atoms with E-state index in [1.54, 1.807) is 12.5 Å². The zero-order chi connectivity index (χ0) is 10.5. The minimum absolute atomic E-state index is 0.123. The number of nitrogens with zero attached hydrogens (tertiary/aromatic N) is 1. The average Bonchev–Trinajstić information content (AvgIpc) is 2.86. The van der Waals surface area contributed by atoms with Crippen molar-refractivity contribution in [3.63, 3.8) is 0 Å². The molecule has 2 rings (SSSR count). The Balaban J connectivity index is 1.68. The third kappa shape index (κ3) is 3.06. The summed E-state index contributed by atoms with van der Waals surface area (Å²) in [6, 6.07) is 0. The molecule has 1 atom stereocenters. The van der Waals surface area contributed by atoms with Crippen molar-refractivity contribution in [1.82, 2.24) is 20.6 Å². The number of carbonyl (C=O) groups is 1. The van der Waals surface area contributed by atoms with Crippen LogP contribution in [0.3, 0.4) is 0 Å². The van der Waals surface area contributed by atoms with Crippen molar-refractivity contribution in [3.05, 3.63) is 18.2 Å². The molecule has 0 aliphatic carbocycles. The second kappa shape index (κ2) is 4.93. The lowest BCUT2D eigenvalue weighted by Gasteiger charge is -2.07. The van der Waals surface area contributed by atoms with Gasteiger partial charge in [0.15, 0.2) is 0 Å². The molecule has 1 amide bonds. The number of hydrogen-bond acceptors (Lipinski definition) is 3. The molecule has 0 saturated carbocycles. The Morgan fingerprint density at radius 2 is 2.60 bits per heavy atom. The lowest BCUT2D eigenvalue weighted by atomic mass is 10.0. The van der Waals surface area contributed by atoms with Crippen LogP contribution in [0.15, 0.2) is 12.5 Å². The van der Waals surface area contributed by atoms with Gasteiger partial charge in [-0.15, -0.1) is 0 Å². The van der Waals surface area contributed by atoms with Gasteiger partial charge in [0, 0.05) is 12.6 Å². The summed E-state index contributed by atoms with van der Waals surface area (Å²) < 4.78 is 0. The summed E-state index contributed by atoms with van der Waals surface area (Å²) in [7, 11) is 0. The molecule has 5 heteroatoms. The lowest BCUT2D eigenvalue weighted by molar-refractivity contribution is -0.122. The van der Waals surface area contributed by atoms with Crippen LogP contribution in [0, 0.1) is 5.92 Å². The number of aromatic amines is 1. The van der Waals surface area contributed by atoms with Gasteiger partial charge in [-0.25, -0.2) is 4.98 Å². The summed E-state index contributed by atoms with van der Waals surface area (Å²) in [6.07, 6.45) is 5.07. The van der Waals surface area contributed by atoms with E-state index in [9.17, 15) is 4.79 Å². The summed E-state index contributed by atoms with van der Waals surface area (Å²) in [5.74, 6) is 0.630. The molecule has 15 heavy (non-hydrogen) atoms. The molecule has 1 aliphatic heterocycles. The van der Waals surface area contributed by atoms with E-state index in [4.69, 9.17) is 0 Å². The van der Waals surface area contributed by atoms with Crippen LogP contribution < -0.4 is 10.6 Å². The molecule has 5 nitrogen and oxygen atoms in total. The summed E-state index contributed by atoms with van der Waals surface area (Å²) in [5.41, 5.74) is 0.938. The Morgan fingerprint density at radius 3 is 3.27 bits per heavy atom. The van der Waals surface area contributed by atoms with Crippen molar-refractivity contribution in [2.24, 2.45) is 5.92 Å². The van der Waals surface area contributed by atoms with Gasteiger partial charge in [-0.1, -0.05) is 0 Å². The van der Waals surface area contributed by atoms with E-state index in [2.05, 4.69) is 20.6 Å². The van der Waals surface area contributed by atoms with Crippen LogP contribution in [0.5, 0.6) is 0 Å². The Kier molecular flexibility index (Phi) is 3.34. The fraction of sp³-hybridized carbons (Fsp3) is 0.600. The first-order chi connectivity index (χ1) is 7.34. The quantitative estimate of drug-likeness (QED) is 0.653. The lowest BCUT2D eigenvalue weighted by Crippen LogP contribution is -2.25. The molecule has 0 aromatic carbocycles. The van der Waals surface area contributed by atoms with E-state index in [1.165, 1.54) is 0 Å². The molecule has 1 aromatic heterocycles. The molecule has 1 aliphatic rings. The van der Waals surface area contributed by atoms with E-state index >= 15 is 0 Å². The van der Waals surface area contributed by atoms with Gasteiger partial charge < -0.3 is 15.6 Å². The summed E-state index contributed by atoms with van der Waals surface area (Å²) in [4.78, 5) is 18.4. The zero-order valence-electron chi connectivity index (χ0n) is 8.62. The maximum atomic E-state index is 11.5. The molecule has 1 fully saturated rings. The normalized spacial score (nSPS) is 20.4. The van der Waals surface area contributed by atoms with Gasteiger partial charge in [-0.05, 0) is 25.4 Å². The first-order valence-electron chi connectivity index (χ1n) is 5.29. The highest BCUT2D eigenvalue weighted by molar-refractivity contribution is 5.76. The summed E-state index contributed by atoms with van der Waals surface area (Å²) >= 11 is 0. The largest absolute Gasteiger partial charge is 0.350 e. The number of amides is 1. The van der Waals surface area contributed by atoms with E-state index in [1.807, 2.05) is 0 Å². The van der Waals surface area contributed by atoms with Gasteiger partial charge >= 0.3 is 0 Å². The number of carbonyl (C=O) groups excluding carboxylic acids is 1. The number of rotatable bonds is 4. The average molecular weight is 208 g/mol. The minimum Gasteiger partial charge on any atom is -0.350 e. The van der Waals surface area contributed by atoms with Crippen LogP contribution in [0.1, 0.15) is 18.5 Å². The number of aromatic nitrogens is 2. The minimum atomic E-state index is 0.123. The Bertz CT molecular complexity index is 303. The van der Waals surface area contributed by atoms with Crippen molar-refractivity contribution in [2.45, 2.75) is 19.4 Å². The van der Waals surface area contributed by atoms with Crippen molar-refractivity contribution >= 4 is 5.91 Å². The van der Waals surface area contributed by atoms with Crippen LogP contribution in [0.2, 0.25) is 0 Å². The summed E-state index contributed by atoms with van der Waals surface area (Å²) in [6.45, 7) is 2.55. The van der Waals surface area contributed by atoms with Gasteiger partial charge in [0.05, 0.1) is 18.6 Å². The van der Waals surface area contributed by atoms with Crippen LogP contribution in [-0.2, 0) is 11.3 Å². The summed E-state index contributed by atoms with van der Waals surface area (Å²) in [5, 5.41) is 6.13. The molecular weight excluding hydrogens is 192 g/mol. The molecule has 82 valence electrons. The van der Waals surface area contributed by atoms with Gasteiger partial charge in [0.2, 0.25) is 5.91 Å². The van der Waals surface area contributed by atoms with Gasteiger partial charge in [0.1, 0.15) is 0 Å². The van der Waals surface area contributed by atoms with Crippen LogP contribution in [0.4, 0.5) is 0 Å². The third-order valence-electron chi connectivity index (χ3n) is 2.67. The van der Waals surface area contributed by atoms with Crippen LogP contribution in [0.25, 0.3) is 0 Å². The smallest absolute Gasteiger partial charge is 0.220 e. The highest BCUT2D eigenvalue weighted by Gasteiger charge is 2.17. The van der Waals surface area contributed by atoms with Gasteiger partial charge in [0.25, 0.3) is 0 Å². The first-order valence-corrected chi connectivity index (χ1v) is 5.29. The second-order valence-corrected chi connectivity index (χ2v) is 3.92. The van der Waals surface area contributed by atoms with Crippen LogP contribution in [-0.4, -0.2) is 29.0 Å². The van der Waals surface area contributed by atoms with Gasteiger partial charge in [-0.3, -0.25) is 4.79 Å². The second-order valence-electron chi connectivity index (χ2n) is 3.92. The highest BCUT2D eigenvalue weighted by atomic mass is 16.1. The fourth-order valence-corrected chi connectivity index (χ4v) is 1.80. The maximum Gasteiger partial charge on any atom is 0.220 e. The molecule has 3 N–H and O–H groups in total. The molecule has 0 spiro atoms. The number of hydrogen-bond donors (Lipinski definition) is 3. The molecule has 1 unspecified atom stereocenters. The fourth-order valence-electron chi connectivity index (χ4n) is 1.80. The monoisotopic (exact) mass is 208 g/mol. The van der Waals surface area contributed by atoms with Crippen molar-refractivity contribution < 1.29 is 4.79 Å². The van der Waals surface area contributed by atoms with Crippen molar-refractivity contribution in [3.8, 4) is 0 Å². The third-order valence-corrected chi connectivity index (χ3v) is 2.67. The Labute approximate surface area is 88.7 Å². The Hall–Kier alpha value is -1.36. The van der Waals surface area contributed by atoms with E-state index in [0.717, 1.165) is 25.2 Å². The molecule has 0 bridgehead atoms. The van der Waals surface area contributed by atoms with Crippen LogP contribution >= 0.6 is 0 Å². The number of H-pyrrole nitrogens is 1. The molecular formula is C10H16N4O. The SMILES string of the molecule is O=C(CC1CCNC1)NCc1cnc[nH]1. The molecule has 1 aromatic rings. The zero-order valence-corrected chi connectivity index (χ0v) is 8.62. The first kappa shape index (κ1) is 10.2.